The van der Waals surface area contributed by atoms with E-state index in [1.165, 1.54) is 12.1 Å². The summed E-state index contributed by atoms with van der Waals surface area (Å²) in [5.74, 6) is -1.57. The van der Waals surface area contributed by atoms with Crippen LogP contribution in [-0.2, 0) is 0 Å². The van der Waals surface area contributed by atoms with E-state index in [1.807, 2.05) is 6.07 Å². The van der Waals surface area contributed by atoms with Gasteiger partial charge in [0.2, 0.25) is 0 Å². The SMILES string of the molecule is N#Cc1ccc(Sc2cc(C(=O)O)ccc2F)cc1. The summed E-state index contributed by atoms with van der Waals surface area (Å²) >= 11 is 1.12. The van der Waals surface area contributed by atoms with Crippen molar-refractivity contribution in [3.05, 3.63) is 59.4 Å². The summed E-state index contributed by atoms with van der Waals surface area (Å²) in [5, 5.41) is 17.5. The van der Waals surface area contributed by atoms with Crippen molar-refractivity contribution in [2.24, 2.45) is 0 Å². The molecule has 0 aliphatic rings. The highest BCUT2D eigenvalue weighted by Crippen LogP contribution is 2.30. The van der Waals surface area contributed by atoms with Crippen LogP contribution in [0.4, 0.5) is 4.39 Å². The lowest BCUT2D eigenvalue weighted by Gasteiger charge is -2.04. The highest BCUT2D eigenvalue weighted by Gasteiger charge is 2.09. The lowest BCUT2D eigenvalue weighted by atomic mass is 10.2. The second-order valence-corrected chi connectivity index (χ2v) is 4.80. The van der Waals surface area contributed by atoms with Crippen molar-refractivity contribution in [1.82, 2.24) is 0 Å². The molecule has 0 aliphatic carbocycles. The van der Waals surface area contributed by atoms with E-state index in [-0.39, 0.29) is 10.5 Å². The molecule has 0 bridgehead atoms. The van der Waals surface area contributed by atoms with E-state index in [0.29, 0.717) is 5.56 Å². The van der Waals surface area contributed by atoms with E-state index in [4.69, 9.17) is 10.4 Å². The Bertz CT molecular complexity index is 662. The fraction of sp³-hybridized carbons (Fsp3) is 0. The molecule has 19 heavy (non-hydrogen) atoms. The van der Waals surface area contributed by atoms with E-state index in [9.17, 15) is 9.18 Å². The largest absolute Gasteiger partial charge is 0.478 e. The van der Waals surface area contributed by atoms with Crippen molar-refractivity contribution in [1.29, 1.82) is 5.26 Å². The summed E-state index contributed by atoms with van der Waals surface area (Å²) in [6.07, 6.45) is 0. The number of rotatable bonds is 3. The maximum absolute atomic E-state index is 13.6. The number of benzene rings is 2. The second kappa shape index (κ2) is 5.55. The minimum Gasteiger partial charge on any atom is -0.478 e. The number of hydrogen-bond acceptors (Lipinski definition) is 3. The van der Waals surface area contributed by atoms with Gasteiger partial charge >= 0.3 is 5.97 Å². The van der Waals surface area contributed by atoms with Gasteiger partial charge in [0, 0.05) is 9.79 Å². The van der Waals surface area contributed by atoms with Crippen LogP contribution in [0.5, 0.6) is 0 Å². The summed E-state index contributed by atoms with van der Waals surface area (Å²) in [5.41, 5.74) is 0.557. The van der Waals surface area contributed by atoms with Gasteiger partial charge in [-0.3, -0.25) is 0 Å². The minimum atomic E-state index is -1.10. The fourth-order valence-corrected chi connectivity index (χ4v) is 2.32. The number of nitriles is 1. The van der Waals surface area contributed by atoms with Crippen LogP contribution in [-0.4, -0.2) is 11.1 Å². The first kappa shape index (κ1) is 13.1. The Balaban J connectivity index is 2.29. The van der Waals surface area contributed by atoms with Gasteiger partial charge in [-0.25, -0.2) is 9.18 Å². The van der Waals surface area contributed by atoms with Gasteiger partial charge in [0.05, 0.1) is 17.2 Å². The molecule has 0 amide bonds. The van der Waals surface area contributed by atoms with E-state index >= 15 is 0 Å². The number of carboxylic acids is 1. The van der Waals surface area contributed by atoms with Crippen molar-refractivity contribution < 1.29 is 14.3 Å². The van der Waals surface area contributed by atoms with Gasteiger partial charge in [0.15, 0.2) is 0 Å². The van der Waals surface area contributed by atoms with Crippen LogP contribution in [0.3, 0.4) is 0 Å². The van der Waals surface area contributed by atoms with E-state index in [0.717, 1.165) is 22.7 Å². The summed E-state index contributed by atoms with van der Waals surface area (Å²) in [7, 11) is 0. The molecule has 0 aliphatic heterocycles. The number of aromatic carboxylic acids is 1. The molecule has 0 atom stereocenters. The summed E-state index contributed by atoms with van der Waals surface area (Å²) in [6, 6.07) is 12.3. The molecule has 5 heteroatoms. The minimum absolute atomic E-state index is 0.0394. The van der Waals surface area contributed by atoms with E-state index < -0.39 is 11.8 Å². The van der Waals surface area contributed by atoms with E-state index in [2.05, 4.69) is 0 Å². The van der Waals surface area contributed by atoms with Crippen molar-refractivity contribution in [3.8, 4) is 6.07 Å². The van der Waals surface area contributed by atoms with Gasteiger partial charge < -0.3 is 5.11 Å². The smallest absolute Gasteiger partial charge is 0.335 e. The zero-order chi connectivity index (χ0) is 13.8. The second-order valence-electron chi connectivity index (χ2n) is 3.69. The van der Waals surface area contributed by atoms with Gasteiger partial charge in [-0.05, 0) is 42.5 Å². The molecule has 0 saturated heterocycles. The average molecular weight is 273 g/mol. The molecule has 2 aromatic carbocycles. The van der Waals surface area contributed by atoms with Crippen LogP contribution in [0, 0.1) is 17.1 Å². The first-order chi connectivity index (χ1) is 9.10. The molecular weight excluding hydrogens is 265 g/mol. The van der Waals surface area contributed by atoms with Gasteiger partial charge in [0.25, 0.3) is 0 Å². The fourth-order valence-electron chi connectivity index (χ4n) is 1.44. The summed E-state index contributed by atoms with van der Waals surface area (Å²) < 4.78 is 13.6. The molecule has 0 unspecified atom stereocenters. The molecule has 0 saturated carbocycles. The standard InChI is InChI=1S/C14H8FNO2S/c15-12-6-3-10(14(17)18)7-13(12)19-11-4-1-9(8-16)2-5-11/h1-7H,(H,17,18). The predicted molar refractivity (Wildman–Crippen MR) is 68.6 cm³/mol. The predicted octanol–water partition coefficient (Wildman–Crippen LogP) is 3.55. The number of carbonyl (C=O) groups is 1. The molecule has 1 N–H and O–H groups in total. The number of halogens is 1. The highest BCUT2D eigenvalue weighted by molar-refractivity contribution is 7.99. The third kappa shape index (κ3) is 3.12. The lowest BCUT2D eigenvalue weighted by molar-refractivity contribution is 0.0696. The van der Waals surface area contributed by atoms with E-state index in [1.54, 1.807) is 24.3 Å². The number of carboxylic acid groups (broad SMARTS) is 1. The molecule has 2 aromatic rings. The Morgan fingerprint density at radius 1 is 1.21 bits per heavy atom. The van der Waals surface area contributed by atoms with Crippen LogP contribution < -0.4 is 0 Å². The molecule has 0 radical (unpaired) electrons. The van der Waals surface area contributed by atoms with Crippen molar-refractivity contribution >= 4 is 17.7 Å². The van der Waals surface area contributed by atoms with Crippen molar-refractivity contribution in [2.45, 2.75) is 9.79 Å². The summed E-state index contributed by atoms with van der Waals surface area (Å²) in [6.45, 7) is 0. The Morgan fingerprint density at radius 2 is 1.89 bits per heavy atom. The van der Waals surface area contributed by atoms with Gasteiger partial charge in [0.1, 0.15) is 5.82 Å². The van der Waals surface area contributed by atoms with Crippen LogP contribution in [0.25, 0.3) is 0 Å². The first-order valence-electron chi connectivity index (χ1n) is 5.31. The molecular formula is C14H8FNO2S. The quantitative estimate of drug-likeness (QED) is 0.929. The molecule has 0 heterocycles. The topological polar surface area (TPSA) is 61.1 Å². The third-order valence-electron chi connectivity index (χ3n) is 2.39. The number of hydrogen-bond donors (Lipinski definition) is 1. The molecule has 2 rings (SSSR count). The molecule has 0 spiro atoms. The number of nitrogens with zero attached hydrogens (tertiary/aromatic N) is 1. The van der Waals surface area contributed by atoms with Crippen LogP contribution in [0.2, 0.25) is 0 Å². The zero-order valence-corrected chi connectivity index (χ0v) is 10.4. The normalized spacial score (nSPS) is 9.89. The zero-order valence-electron chi connectivity index (χ0n) is 9.63. The molecule has 3 nitrogen and oxygen atoms in total. The van der Waals surface area contributed by atoms with Crippen molar-refractivity contribution in [3.63, 3.8) is 0 Å². The molecule has 0 aromatic heterocycles. The lowest BCUT2D eigenvalue weighted by Crippen LogP contribution is -1.97. The Morgan fingerprint density at radius 3 is 2.47 bits per heavy atom. The van der Waals surface area contributed by atoms with Crippen molar-refractivity contribution in [2.75, 3.05) is 0 Å². The Hall–Kier alpha value is -2.32. The van der Waals surface area contributed by atoms with Crippen LogP contribution >= 0.6 is 11.8 Å². The third-order valence-corrected chi connectivity index (χ3v) is 3.43. The van der Waals surface area contributed by atoms with Gasteiger partial charge in [-0.1, -0.05) is 11.8 Å². The Labute approximate surface area is 113 Å². The summed E-state index contributed by atoms with van der Waals surface area (Å²) in [4.78, 5) is 11.8. The monoisotopic (exact) mass is 273 g/mol. The van der Waals surface area contributed by atoms with Crippen LogP contribution in [0.1, 0.15) is 15.9 Å². The maximum atomic E-state index is 13.6. The highest BCUT2D eigenvalue weighted by atomic mass is 32.2. The Kier molecular flexibility index (Phi) is 3.83. The first-order valence-corrected chi connectivity index (χ1v) is 6.12. The average Bonchev–Trinajstić information content (AvgIpc) is 2.42. The van der Waals surface area contributed by atoms with Gasteiger partial charge in [-0.2, -0.15) is 5.26 Å². The van der Waals surface area contributed by atoms with Gasteiger partial charge in [-0.15, -0.1) is 0 Å². The van der Waals surface area contributed by atoms with Crippen LogP contribution in [0.15, 0.2) is 52.3 Å². The molecule has 0 fully saturated rings. The molecule has 94 valence electrons. The maximum Gasteiger partial charge on any atom is 0.335 e.